The molecule has 2 N–H and O–H groups in total. The zero-order valence-electron chi connectivity index (χ0n) is 14.4. The van der Waals surface area contributed by atoms with Crippen LogP contribution in [-0.4, -0.2) is 32.7 Å². The number of benzene rings is 1. The van der Waals surface area contributed by atoms with Crippen LogP contribution in [0.5, 0.6) is 11.5 Å². The molecule has 0 radical (unpaired) electrons. The van der Waals surface area contributed by atoms with Gasteiger partial charge in [0.25, 0.3) is 0 Å². The van der Waals surface area contributed by atoms with Gasteiger partial charge < -0.3 is 14.6 Å². The van der Waals surface area contributed by atoms with Gasteiger partial charge in [0.15, 0.2) is 0 Å². The second-order valence-electron chi connectivity index (χ2n) is 7.21. The maximum absolute atomic E-state index is 12.0. The summed E-state index contributed by atoms with van der Waals surface area (Å²) in [4.78, 5) is 12.0. The number of fused-ring (bicyclic) bond motifs is 1. The molecule has 1 aliphatic heterocycles. The van der Waals surface area contributed by atoms with Gasteiger partial charge >= 0.3 is 6.09 Å². The summed E-state index contributed by atoms with van der Waals surface area (Å²) < 4.78 is 12.4. The second-order valence-corrected chi connectivity index (χ2v) is 7.21. The third-order valence-corrected chi connectivity index (χ3v) is 5.09. The van der Waals surface area contributed by atoms with E-state index in [-0.39, 0.29) is 11.4 Å². The summed E-state index contributed by atoms with van der Waals surface area (Å²) in [5.41, 5.74) is 3.04. The lowest BCUT2D eigenvalue weighted by atomic mass is 9.87. The van der Waals surface area contributed by atoms with E-state index in [0.29, 0.717) is 24.7 Å². The number of ether oxygens (including phenoxy) is 2. The van der Waals surface area contributed by atoms with Gasteiger partial charge in [-0.3, -0.25) is 5.10 Å². The Bertz CT molecular complexity index is 834. The lowest BCUT2D eigenvalue weighted by molar-refractivity contribution is 0.196. The predicted molar refractivity (Wildman–Crippen MR) is 92.0 cm³/mol. The number of hydrogen-bond donors (Lipinski definition) is 2. The standard InChI is InChI=1S/C19H22N2O4/c1-19(2)17(25-19)8-4-12-3-5-13-14(11-12)15(22)6-7-16(13)24-18(23)21-10-9-20-21/h3,6-7,9-10,17,20,22H,4-5,8,11H2,1-2H3. The number of phenols is 1. The zero-order valence-corrected chi connectivity index (χ0v) is 14.4. The average molecular weight is 342 g/mol. The number of nitrogens with one attached hydrogen (secondary N) is 1. The average Bonchev–Trinajstić information content (AvgIpc) is 3.13. The van der Waals surface area contributed by atoms with Crippen molar-refractivity contribution in [3.8, 4) is 11.5 Å². The lowest BCUT2D eigenvalue weighted by Crippen LogP contribution is -2.22. The van der Waals surface area contributed by atoms with E-state index in [1.165, 1.54) is 10.3 Å². The van der Waals surface area contributed by atoms with E-state index in [1.54, 1.807) is 24.5 Å². The van der Waals surface area contributed by atoms with Gasteiger partial charge in [-0.05, 0) is 51.7 Å². The smallest absolute Gasteiger partial charge is 0.438 e. The number of hydrogen-bond acceptors (Lipinski definition) is 4. The number of rotatable bonds is 4. The van der Waals surface area contributed by atoms with Crippen LogP contribution in [0, 0.1) is 0 Å². The molecule has 2 aliphatic rings. The molecule has 1 aliphatic carbocycles. The molecule has 1 atom stereocenters. The van der Waals surface area contributed by atoms with E-state index in [2.05, 4.69) is 25.0 Å². The van der Waals surface area contributed by atoms with E-state index in [1.807, 2.05) is 0 Å². The summed E-state index contributed by atoms with van der Waals surface area (Å²) >= 11 is 0. The number of carbonyl (C=O) groups is 1. The van der Waals surface area contributed by atoms with E-state index in [9.17, 15) is 9.90 Å². The number of phenolic OH excluding ortho intramolecular Hbond substituents is 1. The Kier molecular flexibility index (Phi) is 3.72. The first kappa shape index (κ1) is 16.0. The summed E-state index contributed by atoms with van der Waals surface area (Å²) in [7, 11) is 0. The maximum Gasteiger partial charge on any atom is 0.438 e. The number of aromatic amines is 1. The minimum Gasteiger partial charge on any atom is -0.508 e. The van der Waals surface area contributed by atoms with E-state index < -0.39 is 6.09 Å². The Hall–Kier alpha value is -2.47. The molecule has 2 aromatic rings. The highest BCUT2D eigenvalue weighted by Gasteiger charge is 2.46. The monoisotopic (exact) mass is 342 g/mol. The Morgan fingerprint density at radius 1 is 1.44 bits per heavy atom. The lowest BCUT2D eigenvalue weighted by Gasteiger charge is -2.21. The van der Waals surface area contributed by atoms with Crippen LogP contribution in [0.15, 0.2) is 36.2 Å². The van der Waals surface area contributed by atoms with Crippen molar-refractivity contribution in [1.29, 1.82) is 0 Å². The van der Waals surface area contributed by atoms with Gasteiger partial charge in [0, 0.05) is 17.3 Å². The fraction of sp³-hybridized carbons (Fsp3) is 0.421. The van der Waals surface area contributed by atoms with Crippen molar-refractivity contribution >= 4 is 6.09 Å². The summed E-state index contributed by atoms with van der Waals surface area (Å²) in [6, 6.07) is 3.24. The fourth-order valence-electron chi connectivity index (χ4n) is 3.37. The first-order valence-corrected chi connectivity index (χ1v) is 8.57. The van der Waals surface area contributed by atoms with E-state index >= 15 is 0 Å². The molecule has 0 bridgehead atoms. The van der Waals surface area contributed by atoms with Crippen LogP contribution in [0.2, 0.25) is 0 Å². The van der Waals surface area contributed by atoms with Crippen LogP contribution in [0.1, 0.15) is 37.8 Å². The fourth-order valence-corrected chi connectivity index (χ4v) is 3.37. The predicted octanol–water partition coefficient (Wildman–Crippen LogP) is 3.55. The third kappa shape index (κ3) is 3.09. The van der Waals surface area contributed by atoms with Crippen LogP contribution >= 0.6 is 0 Å². The van der Waals surface area contributed by atoms with Crippen LogP contribution in [-0.2, 0) is 17.6 Å². The molecule has 1 unspecified atom stereocenters. The number of aromatic hydroxyl groups is 1. The molecule has 25 heavy (non-hydrogen) atoms. The van der Waals surface area contributed by atoms with Crippen LogP contribution in [0.25, 0.3) is 0 Å². The van der Waals surface area contributed by atoms with Gasteiger partial charge in [-0.15, -0.1) is 0 Å². The second kappa shape index (κ2) is 5.81. The Labute approximate surface area is 146 Å². The molecule has 1 saturated heterocycles. The molecular formula is C19H22N2O4. The number of aromatic nitrogens is 2. The molecule has 0 spiro atoms. The summed E-state index contributed by atoms with van der Waals surface area (Å²) in [6.45, 7) is 4.22. The quantitative estimate of drug-likeness (QED) is 0.658. The molecule has 6 nitrogen and oxygen atoms in total. The minimum atomic E-state index is -0.488. The highest BCUT2D eigenvalue weighted by molar-refractivity contribution is 5.73. The largest absolute Gasteiger partial charge is 0.508 e. The van der Waals surface area contributed by atoms with Crippen molar-refractivity contribution in [2.75, 3.05) is 0 Å². The zero-order chi connectivity index (χ0) is 17.6. The Balaban J connectivity index is 1.47. The number of nitrogens with zero attached hydrogens (tertiary/aromatic N) is 1. The molecule has 1 aromatic heterocycles. The number of allylic oxidation sites excluding steroid dienone is 2. The molecule has 6 heteroatoms. The van der Waals surface area contributed by atoms with Crippen LogP contribution in [0.3, 0.4) is 0 Å². The molecule has 1 aromatic carbocycles. The van der Waals surface area contributed by atoms with E-state index in [0.717, 1.165) is 24.0 Å². The summed E-state index contributed by atoms with van der Waals surface area (Å²) in [6.07, 6.45) is 8.54. The maximum atomic E-state index is 12.0. The van der Waals surface area contributed by atoms with Crippen molar-refractivity contribution in [2.45, 2.75) is 51.2 Å². The molecule has 132 valence electrons. The Morgan fingerprint density at radius 3 is 2.84 bits per heavy atom. The third-order valence-electron chi connectivity index (χ3n) is 5.09. The SMILES string of the molecule is CC1(C)OC1CCC1=CCc2c(OC(=O)n3cc[nH]3)ccc(O)c2C1. The van der Waals surface area contributed by atoms with Crippen LogP contribution < -0.4 is 4.74 Å². The number of carbonyl (C=O) groups excluding carboxylic acids is 1. The highest BCUT2D eigenvalue weighted by Crippen LogP contribution is 2.41. The van der Waals surface area contributed by atoms with Gasteiger partial charge in [0.05, 0.1) is 17.9 Å². The van der Waals surface area contributed by atoms with Gasteiger partial charge in [0.2, 0.25) is 0 Å². The topological polar surface area (TPSA) is 79.8 Å². The van der Waals surface area contributed by atoms with Gasteiger partial charge in [-0.1, -0.05) is 11.6 Å². The van der Waals surface area contributed by atoms with E-state index in [4.69, 9.17) is 9.47 Å². The molecule has 4 rings (SSSR count). The molecule has 1 fully saturated rings. The highest BCUT2D eigenvalue weighted by atomic mass is 16.6. The normalized spacial score (nSPS) is 20.7. The van der Waals surface area contributed by atoms with Crippen molar-refractivity contribution in [1.82, 2.24) is 9.78 Å². The van der Waals surface area contributed by atoms with Crippen molar-refractivity contribution in [3.05, 3.63) is 47.3 Å². The molecular weight excluding hydrogens is 320 g/mol. The number of epoxide rings is 1. The molecule has 0 amide bonds. The van der Waals surface area contributed by atoms with Crippen LogP contribution in [0.4, 0.5) is 4.79 Å². The minimum absolute atomic E-state index is 0.00990. The Morgan fingerprint density at radius 2 is 2.20 bits per heavy atom. The summed E-state index contributed by atoms with van der Waals surface area (Å²) in [5, 5.41) is 13.0. The van der Waals surface area contributed by atoms with Crippen molar-refractivity contribution in [2.24, 2.45) is 0 Å². The first-order chi connectivity index (χ1) is 11.9. The molecule has 2 heterocycles. The number of H-pyrrole nitrogens is 1. The first-order valence-electron chi connectivity index (χ1n) is 8.57. The van der Waals surface area contributed by atoms with Crippen molar-refractivity contribution in [3.63, 3.8) is 0 Å². The van der Waals surface area contributed by atoms with Gasteiger partial charge in [-0.25, -0.2) is 4.79 Å². The van der Waals surface area contributed by atoms with Crippen molar-refractivity contribution < 1.29 is 19.4 Å². The summed E-state index contributed by atoms with van der Waals surface area (Å²) in [5.74, 6) is 0.757. The molecule has 0 saturated carbocycles. The van der Waals surface area contributed by atoms with Gasteiger partial charge in [-0.2, -0.15) is 4.68 Å². The van der Waals surface area contributed by atoms with Gasteiger partial charge in [0.1, 0.15) is 11.5 Å².